The Hall–Kier alpha value is -1.27. The van der Waals surface area contributed by atoms with Gasteiger partial charge in [0.2, 0.25) is 0 Å². The van der Waals surface area contributed by atoms with E-state index in [2.05, 4.69) is 13.8 Å². The van der Waals surface area contributed by atoms with Gasteiger partial charge in [0, 0.05) is 11.5 Å². The lowest BCUT2D eigenvalue weighted by Gasteiger charge is -2.64. The minimum absolute atomic E-state index is 0.00679. The molecule has 0 amide bonds. The molecule has 0 aromatic rings. The predicted molar refractivity (Wildman–Crippen MR) is 167 cm³/mol. The van der Waals surface area contributed by atoms with E-state index in [0.29, 0.717) is 24.9 Å². The molecule has 0 bridgehead atoms. The fourth-order valence-electron chi connectivity index (χ4n) is 11.4. The van der Waals surface area contributed by atoms with Gasteiger partial charge in [0.1, 0.15) is 55.4 Å². The maximum absolute atomic E-state index is 12.5. The smallest absolute Gasteiger partial charge is 0.331 e. The number of carbonyl (C=O) groups is 1. The zero-order chi connectivity index (χ0) is 35.0. The van der Waals surface area contributed by atoms with Crippen molar-refractivity contribution in [1.29, 1.82) is 0 Å². The molecule has 2 saturated heterocycles. The van der Waals surface area contributed by atoms with Crippen LogP contribution in [0.25, 0.3) is 0 Å². The molecule has 6 fully saturated rings. The standard InChI is InChI=1S/C35H54O14/c1-33-8-5-18(46-31-29(43)27(41)30(23(14-37)48-31)49-32-28(42)26(40)25(39)22(13-36)47-32)12-17(33)3-4-21-20(33)6-9-34(2)19(7-10-35(21,34)44)16-11-24(38)45-15-16/h11,17-23,25-32,36-37,39-44H,3-10,12-15H2,1-2H3/t17-,18+,19-,20+,21-,22-,23-,25-,26+,27-,28-,29-,30-,31-,32-,33+,34-,35+/m1/s1. The van der Waals surface area contributed by atoms with Gasteiger partial charge >= 0.3 is 5.97 Å². The summed E-state index contributed by atoms with van der Waals surface area (Å²) in [6.07, 6.45) is -5.96. The second kappa shape index (κ2) is 13.3. The summed E-state index contributed by atoms with van der Waals surface area (Å²) in [6, 6.07) is 0. The van der Waals surface area contributed by atoms with E-state index < -0.39 is 80.2 Å². The van der Waals surface area contributed by atoms with Crippen LogP contribution in [-0.4, -0.2) is 140 Å². The highest BCUT2D eigenvalue weighted by Gasteiger charge is 2.68. The van der Waals surface area contributed by atoms with Crippen LogP contribution in [0.5, 0.6) is 0 Å². The number of esters is 1. The average Bonchev–Trinajstić information content (AvgIpc) is 3.63. The molecule has 49 heavy (non-hydrogen) atoms. The molecule has 0 radical (unpaired) electrons. The van der Waals surface area contributed by atoms with Gasteiger partial charge in [-0.3, -0.25) is 0 Å². The quantitative estimate of drug-likeness (QED) is 0.121. The second-order valence-electron chi connectivity index (χ2n) is 16.3. The van der Waals surface area contributed by atoms with Gasteiger partial charge in [0.15, 0.2) is 12.6 Å². The SMILES string of the molecule is C[C@]12CC[C@H](O[C@@H]3O[C@H](CO)[C@@H](O[C@H]4O[C@H](CO)[C@@H](O)[C@H](O)[C@H]4O)[C@H](O)[C@H]3O)C[C@H]1CC[C@@H]1[C@@H]2CC[C@]2(C)[C@@H](C3=CC(=O)OC3)CC[C@]12O. The molecule has 8 N–H and O–H groups in total. The molecule has 278 valence electrons. The van der Waals surface area contributed by atoms with E-state index in [9.17, 15) is 45.6 Å². The van der Waals surface area contributed by atoms with Gasteiger partial charge in [-0.05, 0) is 92.4 Å². The van der Waals surface area contributed by atoms with Crippen molar-refractivity contribution in [1.82, 2.24) is 0 Å². The summed E-state index contributed by atoms with van der Waals surface area (Å²) < 4.78 is 28.6. The average molecular weight is 699 g/mol. The van der Waals surface area contributed by atoms with Crippen molar-refractivity contribution in [3.8, 4) is 0 Å². The van der Waals surface area contributed by atoms with Gasteiger partial charge in [0.25, 0.3) is 0 Å². The molecular weight excluding hydrogens is 644 g/mol. The first-order valence-electron chi connectivity index (χ1n) is 18.1. The summed E-state index contributed by atoms with van der Waals surface area (Å²) in [4.78, 5) is 11.9. The van der Waals surface area contributed by atoms with Gasteiger partial charge in [0.05, 0.1) is 24.9 Å². The molecule has 7 aliphatic rings. The molecule has 0 spiro atoms. The van der Waals surface area contributed by atoms with Crippen LogP contribution < -0.4 is 0 Å². The van der Waals surface area contributed by atoms with Crippen LogP contribution in [0, 0.1) is 34.5 Å². The third-order valence-corrected chi connectivity index (χ3v) is 14.2. The Labute approximate surface area is 285 Å². The van der Waals surface area contributed by atoms with Crippen molar-refractivity contribution in [2.45, 2.75) is 145 Å². The molecule has 18 atom stereocenters. The number of hydrogen-bond donors (Lipinski definition) is 8. The highest BCUT2D eigenvalue weighted by atomic mass is 16.7. The van der Waals surface area contributed by atoms with E-state index in [1.165, 1.54) is 0 Å². The lowest BCUT2D eigenvalue weighted by atomic mass is 9.43. The summed E-state index contributed by atoms with van der Waals surface area (Å²) in [7, 11) is 0. The number of rotatable bonds is 7. The summed E-state index contributed by atoms with van der Waals surface area (Å²) in [5, 5.41) is 84.9. The van der Waals surface area contributed by atoms with E-state index in [4.69, 9.17) is 23.7 Å². The fraction of sp³-hybridized carbons (Fsp3) is 0.914. The molecule has 14 nitrogen and oxygen atoms in total. The fourth-order valence-corrected chi connectivity index (χ4v) is 11.4. The number of ether oxygens (including phenoxy) is 5. The molecule has 0 unspecified atom stereocenters. The van der Waals surface area contributed by atoms with E-state index in [-0.39, 0.29) is 34.7 Å². The van der Waals surface area contributed by atoms with Gasteiger partial charge in [-0.15, -0.1) is 0 Å². The minimum Gasteiger partial charge on any atom is -0.458 e. The first-order valence-corrected chi connectivity index (χ1v) is 18.1. The maximum atomic E-state index is 12.5. The zero-order valence-electron chi connectivity index (χ0n) is 28.3. The number of cyclic esters (lactones) is 1. The summed E-state index contributed by atoms with van der Waals surface area (Å²) >= 11 is 0. The molecule has 3 aliphatic heterocycles. The van der Waals surface area contributed by atoms with Crippen molar-refractivity contribution in [2.75, 3.05) is 19.8 Å². The lowest BCUT2D eigenvalue weighted by molar-refractivity contribution is -0.364. The number of aliphatic hydroxyl groups is 8. The largest absolute Gasteiger partial charge is 0.458 e. The lowest BCUT2D eigenvalue weighted by Crippen LogP contribution is -2.65. The Kier molecular flexibility index (Phi) is 9.80. The van der Waals surface area contributed by atoms with Crippen LogP contribution in [0.2, 0.25) is 0 Å². The molecule has 4 aliphatic carbocycles. The van der Waals surface area contributed by atoms with Crippen LogP contribution in [0.3, 0.4) is 0 Å². The topological polar surface area (TPSA) is 225 Å². The van der Waals surface area contributed by atoms with Crippen molar-refractivity contribution in [3.63, 3.8) is 0 Å². The van der Waals surface area contributed by atoms with Gasteiger partial charge < -0.3 is 64.5 Å². The zero-order valence-corrected chi connectivity index (χ0v) is 28.3. The third kappa shape index (κ3) is 5.73. The molecule has 0 aromatic carbocycles. The number of hydrogen-bond acceptors (Lipinski definition) is 14. The third-order valence-electron chi connectivity index (χ3n) is 14.2. The summed E-state index contributed by atoms with van der Waals surface area (Å²) in [6.45, 7) is 3.60. The number of aliphatic hydroxyl groups excluding tert-OH is 7. The molecule has 3 heterocycles. The van der Waals surface area contributed by atoms with E-state index in [1.54, 1.807) is 6.08 Å². The van der Waals surface area contributed by atoms with E-state index in [0.717, 1.165) is 56.9 Å². The Morgan fingerprint density at radius 1 is 0.776 bits per heavy atom. The Bertz CT molecular complexity index is 1260. The Morgan fingerprint density at radius 3 is 2.16 bits per heavy atom. The normalized spacial score (nSPS) is 54.4. The van der Waals surface area contributed by atoms with Crippen molar-refractivity contribution in [3.05, 3.63) is 11.6 Å². The van der Waals surface area contributed by atoms with Gasteiger partial charge in [-0.25, -0.2) is 4.79 Å². The van der Waals surface area contributed by atoms with Crippen LogP contribution in [-0.2, 0) is 28.5 Å². The van der Waals surface area contributed by atoms with Crippen LogP contribution in [0.4, 0.5) is 0 Å². The van der Waals surface area contributed by atoms with Crippen molar-refractivity contribution in [2.24, 2.45) is 34.5 Å². The van der Waals surface area contributed by atoms with Crippen molar-refractivity contribution >= 4 is 5.97 Å². The van der Waals surface area contributed by atoms with Crippen LogP contribution in [0.1, 0.15) is 71.6 Å². The first-order chi connectivity index (χ1) is 23.3. The minimum atomic E-state index is -1.74. The number of fused-ring (bicyclic) bond motifs is 5. The highest BCUT2D eigenvalue weighted by molar-refractivity contribution is 5.85. The first kappa shape index (κ1) is 36.1. The highest BCUT2D eigenvalue weighted by Crippen LogP contribution is 2.70. The van der Waals surface area contributed by atoms with Crippen LogP contribution in [0.15, 0.2) is 11.6 Å². The van der Waals surface area contributed by atoms with Crippen LogP contribution >= 0.6 is 0 Å². The molecule has 4 saturated carbocycles. The van der Waals surface area contributed by atoms with E-state index in [1.807, 2.05) is 0 Å². The summed E-state index contributed by atoms with van der Waals surface area (Å²) in [5.41, 5.74) is -0.0991. The summed E-state index contributed by atoms with van der Waals surface area (Å²) in [5.74, 6) is 0.683. The predicted octanol–water partition coefficient (Wildman–Crippen LogP) is -0.747. The van der Waals surface area contributed by atoms with Gasteiger partial charge in [-0.2, -0.15) is 0 Å². The molecule has 7 rings (SSSR count). The molecule has 0 aromatic heterocycles. The van der Waals surface area contributed by atoms with E-state index >= 15 is 0 Å². The second-order valence-corrected chi connectivity index (χ2v) is 16.3. The molecular formula is C35H54O14. The Balaban J connectivity index is 0.990. The molecule has 14 heteroatoms. The van der Waals surface area contributed by atoms with Gasteiger partial charge in [-0.1, -0.05) is 13.8 Å². The van der Waals surface area contributed by atoms with Crippen molar-refractivity contribution < 1.29 is 69.3 Å². The maximum Gasteiger partial charge on any atom is 0.331 e. The number of carbonyl (C=O) groups excluding carboxylic acids is 1. The Morgan fingerprint density at radius 2 is 1.47 bits per heavy atom. The monoisotopic (exact) mass is 698 g/mol.